The molecule has 0 bridgehead atoms. The number of aromatic nitrogens is 2. The molecule has 1 aliphatic carbocycles. The van der Waals surface area contributed by atoms with E-state index >= 15 is 0 Å². The molecule has 2 heterocycles. The van der Waals surface area contributed by atoms with Crippen LogP contribution in [-0.4, -0.2) is 22.4 Å². The van der Waals surface area contributed by atoms with Crippen molar-refractivity contribution in [1.29, 1.82) is 0 Å². The molecule has 0 spiro atoms. The Morgan fingerprint density at radius 1 is 1.23 bits per heavy atom. The highest BCUT2D eigenvalue weighted by molar-refractivity contribution is 5.97. The molecular formula is C17H17N3O2. The average Bonchev–Trinajstić information content (AvgIpc) is 2.55. The zero-order valence-corrected chi connectivity index (χ0v) is 12.2. The van der Waals surface area contributed by atoms with E-state index < -0.39 is 0 Å². The zero-order chi connectivity index (χ0) is 14.9. The zero-order valence-electron chi connectivity index (χ0n) is 12.2. The van der Waals surface area contributed by atoms with Gasteiger partial charge in [-0.2, -0.15) is 0 Å². The summed E-state index contributed by atoms with van der Waals surface area (Å²) in [5.41, 5.74) is 2.68. The van der Waals surface area contributed by atoms with E-state index in [1.807, 2.05) is 18.2 Å². The molecule has 4 rings (SSSR count). The smallest absolute Gasteiger partial charge is 0.223 e. The minimum absolute atomic E-state index is 0.141. The molecule has 1 N–H and O–H groups in total. The molecule has 5 nitrogen and oxygen atoms in total. The molecule has 0 unspecified atom stereocenters. The molecule has 0 fully saturated rings. The monoisotopic (exact) mass is 295 g/mol. The summed E-state index contributed by atoms with van der Waals surface area (Å²) >= 11 is 0. The lowest BCUT2D eigenvalue weighted by molar-refractivity contribution is 0.0971. The molecule has 0 saturated heterocycles. The lowest BCUT2D eigenvalue weighted by atomic mass is 9.96. The van der Waals surface area contributed by atoms with Crippen molar-refractivity contribution in [2.75, 3.05) is 11.9 Å². The number of carbonyl (C=O) groups excluding carboxylic acids is 1. The third kappa shape index (κ3) is 2.32. The van der Waals surface area contributed by atoms with E-state index in [1.165, 1.54) is 0 Å². The number of nitrogens with zero attached hydrogens (tertiary/aromatic N) is 2. The standard InChI is InChI=1S/C17H17N3O2/c21-15-6-3-5-13-12(15)10-18-17(19-13)20-14-8-9-22-16-7-2-1-4-11(14)16/h1-2,4,7,10,14H,3,5-6,8-9H2,(H,18,19,20)/t14-/m1/s1. The fraction of sp³-hybridized carbons (Fsp3) is 0.353. The molecule has 0 amide bonds. The number of ether oxygens (including phenoxy) is 1. The predicted molar refractivity (Wildman–Crippen MR) is 82.2 cm³/mol. The molecule has 112 valence electrons. The van der Waals surface area contributed by atoms with Crippen molar-refractivity contribution in [3.63, 3.8) is 0 Å². The number of aryl methyl sites for hydroxylation is 1. The highest BCUT2D eigenvalue weighted by atomic mass is 16.5. The predicted octanol–water partition coefficient (Wildman–Crippen LogP) is 2.93. The van der Waals surface area contributed by atoms with E-state index in [4.69, 9.17) is 4.74 Å². The van der Waals surface area contributed by atoms with Crippen molar-refractivity contribution in [2.24, 2.45) is 0 Å². The summed E-state index contributed by atoms with van der Waals surface area (Å²) in [7, 11) is 0. The van der Waals surface area contributed by atoms with Crippen LogP contribution in [0.1, 0.15) is 46.9 Å². The number of hydrogen-bond acceptors (Lipinski definition) is 5. The number of rotatable bonds is 2. The van der Waals surface area contributed by atoms with E-state index in [0.29, 0.717) is 24.5 Å². The summed E-state index contributed by atoms with van der Waals surface area (Å²) in [6.45, 7) is 0.679. The van der Waals surface area contributed by atoms with Gasteiger partial charge in [-0.15, -0.1) is 0 Å². The van der Waals surface area contributed by atoms with Crippen LogP contribution in [0, 0.1) is 0 Å². The summed E-state index contributed by atoms with van der Waals surface area (Å²) < 4.78 is 5.67. The number of carbonyl (C=O) groups is 1. The van der Waals surface area contributed by atoms with Crippen LogP contribution in [0.2, 0.25) is 0 Å². The van der Waals surface area contributed by atoms with Crippen LogP contribution in [0.15, 0.2) is 30.5 Å². The van der Waals surface area contributed by atoms with Crippen LogP contribution in [0.4, 0.5) is 5.95 Å². The highest BCUT2D eigenvalue weighted by Crippen LogP contribution is 2.33. The quantitative estimate of drug-likeness (QED) is 0.923. The van der Waals surface area contributed by atoms with Gasteiger partial charge in [-0.3, -0.25) is 4.79 Å². The Balaban J connectivity index is 1.61. The first-order valence-corrected chi connectivity index (χ1v) is 7.68. The van der Waals surface area contributed by atoms with Gasteiger partial charge in [0.15, 0.2) is 5.78 Å². The highest BCUT2D eigenvalue weighted by Gasteiger charge is 2.23. The van der Waals surface area contributed by atoms with E-state index in [1.54, 1.807) is 6.20 Å². The fourth-order valence-corrected chi connectivity index (χ4v) is 3.11. The van der Waals surface area contributed by atoms with Gasteiger partial charge in [0.05, 0.1) is 23.9 Å². The topological polar surface area (TPSA) is 64.1 Å². The molecule has 1 aromatic heterocycles. The number of benzene rings is 1. The van der Waals surface area contributed by atoms with Gasteiger partial charge in [0.1, 0.15) is 5.75 Å². The van der Waals surface area contributed by atoms with Gasteiger partial charge in [-0.05, 0) is 18.9 Å². The van der Waals surface area contributed by atoms with Gasteiger partial charge < -0.3 is 10.1 Å². The van der Waals surface area contributed by atoms with Gasteiger partial charge in [0.25, 0.3) is 0 Å². The number of ketones is 1. The van der Waals surface area contributed by atoms with Gasteiger partial charge in [0, 0.05) is 24.6 Å². The Morgan fingerprint density at radius 2 is 2.14 bits per heavy atom. The Labute approximate surface area is 128 Å². The molecular weight excluding hydrogens is 278 g/mol. The molecule has 1 aromatic carbocycles. The Kier molecular flexibility index (Phi) is 3.25. The lowest BCUT2D eigenvalue weighted by Gasteiger charge is -2.27. The largest absolute Gasteiger partial charge is 0.493 e. The van der Waals surface area contributed by atoms with E-state index in [-0.39, 0.29) is 11.8 Å². The van der Waals surface area contributed by atoms with Gasteiger partial charge >= 0.3 is 0 Å². The second-order valence-electron chi connectivity index (χ2n) is 5.70. The van der Waals surface area contributed by atoms with Gasteiger partial charge in [0.2, 0.25) is 5.95 Å². The second-order valence-corrected chi connectivity index (χ2v) is 5.70. The normalized spacial score (nSPS) is 19.8. The van der Waals surface area contributed by atoms with Crippen LogP contribution < -0.4 is 10.1 Å². The first-order valence-electron chi connectivity index (χ1n) is 7.68. The van der Waals surface area contributed by atoms with Crippen LogP contribution in [0.25, 0.3) is 0 Å². The summed E-state index contributed by atoms with van der Waals surface area (Å²) in [5, 5.41) is 3.39. The first-order chi connectivity index (χ1) is 10.8. The molecule has 0 saturated carbocycles. The first kappa shape index (κ1) is 13.2. The maximum Gasteiger partial charge on any atom is 0.223 e. The lowest BCUT2D eigenvalue weighted by Crippen LogP contribution is -2.22. The number of anilines is 1. The molecule has 0 radical (unpaired) electrons. The summed E-state index contributed by atoms with van der Waals surface area (Å²) in [5.74, 6) is 1.67. The summed E-state index contributed by atoms with van der Waals surface area (Å²) in [6, 6.07) is 8.17. The minimum Gasteiger partial charge on any atom is -0.493 e. The van der Waals surface area contributed by atoms with Crippen molar-refractivity contribution in [1.82, 2.24) is 9.97 Å². The average molecular weight is 295 g/mol. The Hall–Kier alpha value is -2.43. The van der Waals surface area contributed by atoms with Crippen molar-refractivity contribution >= 4 is 11.7 Å². The molecule has 1 atom stereocenters. The minimum atomic E-state index is 0.141. The van der Waals surface area contributed by atoms with Gasteiger partial charge in [-0.1, -0.05) is 18.2 Å². The fourth-order valence-electron chi connectivity index (χ4n) is 3.11. The molecule has 2 aliphatic rings. The molecule has 1 aliphatic heterocycles. The van der Waals surface area contributed by atoms with Crippen LogP contribution in [-0.2, 0) is 6.42 Å². The summed E-state index contributed by atoms with van der Waals surface area (Å²) in [6.07, 6.45) is 4.87. The molecule has 2 aromatic rings. The van der Waals surface area contributed by atoms with Crippen molar-refractivity contribution < 1.29 is 9.53 Å². The number of hydrogen-bond donors (Lipinski definition) is 1. The number of para-hydroxylation sites is 1. The summed E-state index contributed by atoms with van der Waals surface area (Å²) in [4.78, 5) is 20.7. The van der Waals surface area contributed by atoms with Crippen molar-refractivity contribution in [3.8, 4) is 5.75 Å². The Bertz CT molecular complexity index is 730. The van der Waals surface area contributed by atoms with Crippen LogP contribution >= 0.6 is 0 Å². The van der Waals surface area contributed by atoms with Crippen LogP contribution in [0.5, 0.6) is 5.75 Å². The third-order valence-corrected chi connectivity index (χ3v) is 4.25. The maximum atomic E-state index is 11.8. The van der Waals surface area contributed by atoms with E-state index in [2.05, 4.69) is 21.4 Å². The molecule has 5 heteroatoms. The van der Waals surface area contributed by atoms with Crippen molar-refractivity contribution in [3.05, 3.63) is 47.3 Å². The number of Topliss-reactive ketones (excluding diaryl/α,β-unsaturated/α-hetero) is 1. The number of nitrogens with one attached hydrogen (secondary N) is 1. The van der Waals surface area contributed by atoms with Crippen molar-refractivity contribution in [2.45, 2.75) is 31.7 Å². The van der Waals surface area contributed by atoms with Gasteiger partial charge in [-0.25, -0.2) is 9.97 Å². The number of fused-ring (bicyclic) bond motifs is 2. The molecule has 22 heavy (non-hydrogen) atoms. The van der Waals surface area contributed by atoms with Crippen LogP contribution in [0.3, 0.4) is 0 Å². The Morgan fingerprint density at radius 3 is 3.09 bits per heavy atom. The SMILES string of the molecule is O=C1CCCc2nc(N[C@@H]3CCOc4ccccc43)ncc21. The van der Waals surface area contributed by atoms with E-state index in [9.17, 15) is 4.79 Å². The second kappa shape index (κ2) is 5.40. The third-order valence-electron chi connectivity index (χ3n) is 4.25. The maximum absolute atomic E-state index is 11.8. The van der Waals surface area contributed by atoms with E-state index in [0.717, 1.165) is 36.3 Å².